The molecule has 0 spiro atoms. The zero-order valence-electron chi connectivity index (χ0n) is 14.1. The van der Waals surface area contributed by atoms with Crippen LogP contribution < -0.4 is 15.5 Å². The molecule has 0 atom stereocenters. The van der Waals surface area contributed by atoms with Crippen LogP contribution in [-0.4, -0.2) is 23.8 Å². The van der Waals surface area contributed by atoms with Crippen LogP contribution in [0.3, 0.4) is 0 Å². The molecule has 0 fully saturated rings. The van der Waals surface area contributed by atoms with Gasteiger partial charge in [-0.3, -0.25) is 5.43 Å². The third-order valence-corrected chi connectivity index (χ3v) is 3.83. The normalized spacial score (nSPS) is 10.8. The first-order valence-corrected chi connectivity index (χ1v) is 9.10. The lowest BCUT2D eigenvalue weighted by molar-refractivity contribution is -0.128. The molecule has 0 aliphatic rings. The number of carbonyl (C=O) groups excluding carboxylic acids is 1. The summed E-state index contributed by atoms with van der Waals surface area (Å²) in [4.78, 5) is 12.1. The summed E-state index contributed by atoms with van der Waals surface area (Å²) < 4.78 is 6.25. The molecule has 0 unspecified atom stereocenters. The van der Waals surface area contributed by atoms with E-state index in [9.17, 15) is 4.79 Å². The fraction of sp³-hybridized carbons (Fsp3) is 0.105. The molecule has 0 amide bonds. The molecule has 2 N–H and O–H groups in total. The molecule has 0 aliphatic heterocycles. The molecule has 7 heteroatoms. The van der Waals surface area contributed by atoms with Gasteiger partial charge in [0.2, 0.25) is 0 Å². The zero-order chi connectivity index (χ0) is 18.8. The zero-order valence-corrected chi connectivity index (χ0v) is 16.5. The maximum Gasteiger partial charge on any atom is 0.336 e. The van der Waals surface area contributed by atoms with Gasteiger partial charge in [0.25, 0.3) is 0 Å². The number of hydrazone groups is 1. The van der Waals surface area contributed by atoms with Gasteiger partial charge in [-0.2, -0.15) is 5.10 Å². The van der Waals surface area contributed by atoms with Crippen LogP contribution in [0.15, 0.2) is 64.2 Å². The van der Waals surface area contributed by atoms with E-state index in [2.05, 4.69) is 31.8 Å². The molecule has 0 aromatic heterocycles. The minimum Gasteiger partial charge on any atom is -0.423 e. The lowest BCUT2D eigenvalue weighted by Crippen LogP contribution is -2.31. The summed E-state index contributed by atoms with van der Waals surface area (Å²) in [5.74, 6) is -0.0715. The monoisotopic (exact) mass is 431 g/mol. The summed E-state index contributed by atoms with van der Waals surface area (Å²) in [6.07, 6.45) is 4.63. The van der Waals surface area contributed by atoms with Crippen LogP contribution in [0.1, 0.15) is 18.1 Å². The molecule has 0 saturated heterocycles. The second-order valence-corrected chi connectivity index (χ2v) is 6.40. The van der Waals surface area contributed by atoms with Gasteiger partial charge in [0.15, 0.2) is 5.11 Å². The van der Waals surface area contributed by atoms with Crippen LogP contribution in [-0.2, 0) is 4.79 Å². The van der Waals surface area contributed by atoms with Crippen LogP contribution >= 0.6 is 28.1 Å². The first-order chi connectivity index (χ1) is 12.6. The van der Waals surface area contributed by atoms with Crippen LogP contribution in [0.4, 0.5) is 0 Å². The maximum atomic E-state index is 12.1. The summed E-state index contributed by atoms with van der Waals surface area (Å²) in [5, 5.41) is 7.40. The summed E-state index contributed by atoms with van der Waals surface area (Å²) in [7, 11) is 0. The van der Waals surface area contributed by atoms with Crippen molar-refractivity contribution < 1.29 is 9.53 Å². The highest BCUT2D eigenvalue weighted by molar-refractivity contribution is 9.10. The fourth-order valence-corrected chi connectivity index (χ4v) is 2.52. The number of ether oxygens (including phenoxy) is 1. The molecular formula is C19H18BrN3O2S. The number of nitrogens with zero attached hydrogens (tertiary/aromatic N) is 1. The number of rotatable bonds is 6. The number of benzene rings is 2. The van der Waals surface area contributed by atoms with Crippen LogP contribution in [0.25, 0.3) is 6.08 Å². The number of thiocarbonyl (C=S) groups is 1. The molecule has 2 aromatic carbocycles. The standard InChI is InChI=1S/C19H18BrN3O2S/c1-2-21-19(26)23-22-13-15-12-16(20)9-10-17(15)25-18(24)11-8-14-6-4-3-5-7-14/h3-13H,2H2,1H3,(H2,21,23,26)/b11-8+,22-13-. The second-order valence-electron chi connectivity index (χ2n) is 5.08. The highest BCUT2D eigenvalue weighted by atomic mass is 79.9. The lowest BCUT2D eigenvalue weighted by atomic mass is 10.2. The summed E-state index contributed by atoms with van der Waals surface area (Å²) >= 11 is 8.43. The van der Waals surface area contributed by atoms with E-state index < -0.39 is 5.97 Å². The number of hydrogen-bond donors (Lipinski definition) is 2. The van der Waals surface area contributed by atoms with Crippen molar-refractivity contribution in [2.24, 2.45) is 5.10 Å². The highest BCUT2D eigenvalue weighted by Crippen LogP contribution is 2.22. The van der Waals surface area contributed by atoms with Gasteiger partial charge in [0.1, 0.15) is 5.75 Å². The third-order valence-electron chi connectivity index (χ3n) is 3.10. The second kappa shape index (κ2) is 10.5. The quantitative estimate of drug-likeness (QED) is 0.181. The molecule has 0 aliphatic carbocycles. The Morgan fingerprint density at radius 2 is 2.04 bits per heavy atom. The van der Waals surface area contributed by atoms with Gasteiger partial charge in [0, 0.05) is 22.7 Å². The fourth-order valence-electron chi connectivity index (χ4n) is 1.94. The topological polar surface area (TPSA) is 62.7 Å². The van der Waals surface area contributed by atoms with Crippen molar-refractivity contribution in [3.8, 4) is 5.75 Å². The predicted octanol–water partition coefficient (Wildman–Crippen LogP) is 3.89. The highest BCUT2D eigenvalue weighted by Gasteiger charge is 2.07. The third kappa shape index (κ3) is 6.78. The Bertz CT molecular complexity index is 823. The van der Waals surface area contributed by atoms with E-state index in [-0.39, 0.29) is 0 Å². The Labute approximate surface area is 166 Å². The maximum absolute atomic E-state index is 12.1. The Hall–Kier alpha value is -2.51. The molecule has 2 aromatic rings. The van der Waals surface area contributed by atoms with Crippen molar-refractivity contribution in [2.45, 2.75) is 6.92 Å². The summed E-state index contributed by atoms with van der Waals surface area (Å²) in [5.41, 5.74) is 4.25. The van der Waals surface area contributed by atoms with Crippen molar-refractivity contribution in [3.63, 3.8) is 0 Å². The van der Waals surface area contributed by atoms with Gasteiger partial charge in [-0.15, -0.1) is 0 Å². The molecule has 134 valence electrons. The Balaban J connectivity index is 2.06. The summed E-state index contributed by atoms with van der Waals surface area (Å²) in [6, 6.07) is 14.8. The first-order valence-electron chi connectivity index (χ1n) is 7.90. The molecule has 0 saturated carbocycles. The van der Waals surface area contributed by atoms with Crippen molar-refractivity contribution in [1.29, 1.82) is 0 Å². The number of esters is 1. The van der Waals surface area contributed by atoms with E-state index in [4.69, 9.17) is 17.0 Å². The Morgan fingerprint density at radius 3 is 2.77 bits per heavy atom. The largest absolute Gasteiger partial charge is 0.423 e. The van der Waals surface area contributed by atoms with Gasteiger partial charge >= 0.3 is 5.97 Å². The van der Waals surface area contributed by atoms with Crippen molar-refractivity contribution in [1.82, 2.24) is 10.7 Å². The molecule has 0 heterocycles. The minimum absolute atomic E-state index is 0.399. The van der Waals surface area contributed by atoms with Crippen molar-refractivity contribution in [3.05, 3.63) is 70.2 Å². The Morgan fingerprint density at radius 1 is 1.27 bits per heavy atom. The number of carbonyl (C=O) groups is 1. The van der Waals surface area contributed by atoms with Gasteiger partial charge in [-0.25, -0.2) is 4.79 Å². The van der Waals surface area contributed by atoms with Gasteiger partial charge < -0.3 is 10.1 Å². The number of hydrogen-bond acceptors (Lipinski definition) is 4. The van der Waals surface area contributed by atoms with Crippen LogP contribution in [0, 0.1) is 0 Å². The molecule has 5 nitrogen and oxygen atoms in total. The predicted molar refractivity (Wildman–Crippen MR) is 112 cm³/mol. The number of nitrogens with one attached hydrogen (secondary N) is 2. The molecule has 0 bridgehead atoms. The Kier molecular flexibility index (Phi) is 7.98. The average Bonchev–Trinajstić information content (AvgIpc) is 2.63. The SMILES string of the molecule is CCNC(=S)N/N=C\c1cc(Br)ccc1OC(=O)/C=C/c1ccccc1. The van der Waals surface area contributed by atoms with E-state index >= 15 is 0 Å². The molecule has 2 rings (SSSR count). The molecule has 26 heavy (non-hydrogen) atoms. The van der Waals surface area contributed by atoms with E-state index in [1.165, 1.54) is 12.3 Å². The first kappa shape index (κ1) is 19.8. The van der Waals surface area contributed by atoms with Gasteiger partial charge in [-0.1, -0.05) is 46.3 Å². The molecular weight excluding hydrogens is 414 g/mol. The van der Waals surface area contributed by atoms with E-state index in [1.54, 1.807) is 24.3 Å². The minimum atomic E-state index is -0.470. The lowest BCUT2D eigenvalue weighted by Gasteiger charge is -2.07. The summed E-state index contributed by atoms with van der Waals surface area (Å²) in [6.45, 7) is 2.64. The van der Waals surface area contributed by atoms with Crippen LogP contribution in [0.2, 0.25) is 0 Å². The van der Waals surface area contributed by atoms with Gasteiger partial charge in [0.05, 0.1) is 6.21 Å². The number of halogens is 1. The van der Waals surface area contributed by atoms with E-state index in [0.717, 1.165) is 10.0 Å². The van der Waals surface area contributed by atoms with E-state index in [1.807, 2.05) is 37.3 Å². The van der Waals surface area contributed by atoms with Crippen LogP contribution in [0.5, 0.6) is 5.75 Å². The smallest absolute Gasteiger partial charge is 0.336 e. The average molecular weight is 432 g/mol. The van der Waals surface area contributed by atoms with Gasteiger partial charge in [-0.05, 0) is 49.0 Å². The molecule has 0 radical (unpaired) electrons. The van der Waals surface area contributed by atoms with Crippen molar-refractivity contribution in [2.75, 3.05) is 6.54 Å². The van der Waals surface area contributed by atoms with Crippen molar-refractivity contribution >= 4 is 51.5 Å². The van der Waals surface area contributed by atoms with E-state index in [0.29, 0.717) is 23.0 Å².